The molecule has 1 fully saturated rings. The second-order valence-corrected chi connectivity index (χ2v) is 8.53. The van der Waals surface area contributed by atoms with Crippen molar-refractivity contribution in [2.75, 3.05) is 36.9 Å². The smallest absolute Gasteiger partial charge is 0.274 e. The Bertz CT molecular complexity index is 1140. The molecule has 9 nitrogen and oxygen atoms in total. The quantitative estimate of drug-likeness (QED) is 0.491. The van der Waals surface area contributed by atoms with E-state index in [1.807, 2.05) is 6.92 Å². The lowest BCUT2D eigenvalue weighted by atomic mass is 10.2. The van der Waals surface area contributed by atoms with E-state index < -0.39 is 0 Å². The molecule has 12 heteroatoms. The van der Waals surface area contributed by atoms with Crippen LogP contribution in [0.2, 0.25) is 10.0 Å². The first-order valence-electron chi connectivity index (χ1n) is 10.4. The van der Waals surface area contributed by atoms with Gasteiger partial charge in [0.2, 0.25) is 0 Å². The van der Waals surface area contributed by atoms with Crippen molar-refractivity contribution in [2.45, 2.75) is 20.0 Å². The van der Waals surface area contributed by atoms with Gasteiger partial charge in [0.05, 0.1) is 31.6 Å². The largest absolute Gasteiger partial charge is 0.378 e. The van der Waals surface area contributed by atoms with Crippen LogP contribution in [0.4, 0.5) is 11.5 Å². The number of aryl methyl sites for hydroxylation is 1. The average molecular weight is 508 g/mol. The topological polar surface area (TPSA) is 89.2 Å². The average Bonchev–Trinajstić information content (AvgIpc) is 3.42. The molecule has 0 saturated carbocycles. The van der Waals surface area contributed by atoms with Crippen LogP contribution in [0.15, 0.2) is 36.7 Å². The minimum atomic E-state index is -0.108. The number of morpholine rings is 1. The fourth-order valence-corrected chi connectivity index (χ4v) is 4.22. The molecule has 33 heavy (non-hydrogen) atoms. The Morgan fingerprint density at radius 2 is 1.91 bits per heavy atom. The van der Waals surface area contributed by atoms with Crippen LogP contribution in [-0.2, 0) is 17.8 Å². The Kier molecular flexibility index (Phi) is 7.49. The van der Waals surface area contributed by atoms with E-state index in [-0.39, 0.29) is 5.91 Å². The molecule has 0 bridgehead atoms. The van der Waals surface area contributed by atoms with Gasteiger partial charge in [0.1, 0.15) is 5.69 Å². The molecule has 1 aliphatic rings. The molecule has 1 saturated heterocycles. The van der Waals surface area contributed by atoms with Crippen LogP contribution in [0, 0.1) is 0 Å². The second kappa shape index (κ2) is 10.5. The van der Waals surface area contributed by atoms with Gasteiger partial charge in [0, 0.05) is 47.5 Å². The highest BCUT2D eigenvalue weighted by molar-refractivity contribution is 7.80. The number of carbonyl (C=O) groups excluding carboxylic acids is 1. The highest BCUT2D eigenvalue weighted by atomic mass is 35.5. The summed E-state index contributed by atoms with van der Waals surface area (Å²) in [5.41, 5.74) is 1.78. The maximum absolute atomic E-state index is 13.1. The number of benzene rings is 1. The maximum atomic E-state index is 13.1. The predicted molar refractivity (Wildman–Crippen MR) is 132 cm³/mol. The van der Waals surface area contributed by atoms with E-state index >= 15 is 0 Å². The Morgan fingerprint density at radius 3 is 2.61 bits per heavy atom. The van der Waals surface area contributed by atoms with Crippen molar-refractivity contribution in [3.63, 3.8) is 0 Å². The first kappa shape index (κ1) is 23.5. The first-order valence-corrected chi connectivity index (χ1v) is 11.6. The fraction of sp³-hybridized carbons (Fsp3) is 0.333. The molecule has 3 heterocycles. The van der Waals surface area contributed by atoms with Crippen LogP contribution >= 0.6 is 35.4 Å². The number of thiocarbonyl (C=S) groups is 1. The molecule has 174 valence electrons. The van der Waals surface area contributed by atoms with Gasteiger partial charge < -0.3 is 20.3 Å². The van der Waals surface area contributed by atoms with Crippen molar-refractivity contribution in [1.82, 2.24) is 24.5 Å². The lowest BCUT2D eigenvalue weighted by molar-refractivity contribution is 0.0295. The summed E-state index contributed by atoms with van der Waals surface area (Å²) in [5.74, 6) is 0.434. The number of rotatable bonds is 6. The normalized spacial score (nSPS) is 13.7. The summed E-state index contributed by atoms with van der Waals surface area (Å²) in [6.45, 7) is 5.05. The van der Waals surface area contributed by atoms with Gasteiger partial charge in [-0.15, -0.1) is 0 Å². The number of nitrogens with one attached hydrogen (secondary N) is 2. The minimum absolute atomic E-state index is 0.108. The highest BCUT2D eigenvalue weighted by Gasteiger charge is 2.25. The molecule has 0 atom stereocenters. The second-order valence-electron chi connectivity index (χ2n) is 7.31. The molecular weight excluding hydrogens is 485 g/mol. The third kappa shape index (κ3) is 5.47. The van der Waals surface area contributed by atoms with Gasteiger partial charge in [-0.2, -0.15) is 10.2 Å². The predicted octanol–water partition coefficient (Wildman–Crippen LogP) is 3.74. The van der Waals surface area contributed by atoms with E-state index in [1.54, 1.807) is 50.9 Å². The molecular formula is C21H23Cl2N7O2S. The number of halogens is 2. The fourth-order valence-electron chi connectivity index (χ4n) is 3.49. The Morgan fingerprint density at radius 1 is 1.18 bits per heavy atom. The number of nitrogens with zero attached hydrogens (tertiary/aromatic N) is 5. The molecule has 3 aromatic rings. The standard InChI is InChI=1S/C21H23Cl2N7O2S/c1-2-30-19(20(31)28-8-10-32-11-9-28)17(12-24-30)25-21(33)26-18-6-7-29(27-18)13-14-15(22)4-3-5-16(14)23/h3-7,12H,2,8-11,13H2,1H3,(H2,25,26,27,33). The van der Waals surface area contributed by atoms with Crippen molar-refractivity contribution in [1.29, 1.82) is 0 Å². The zero-order valence-electron chi connectivity index (χ0n) is 17.9. The molecule has 1 aliphatic heterocycles. The Labute approximate surface area is 206 Å². The van der Waals surface area contributed by atoms with Crippen LogP contribution in [0.1, 0.15) is 23.0 Å². The van der Waals surface area contributed by atoms with Gasteiger partial charge >= 0.3 is 0 Å². The van der Waals surface area contributed by atoms with Crippen LogP contribution in [0.5, 0.6) is 0 Å². The van der Waals surface area contributed by atoms with E-state index in [0.717, 1.165) is 5.56 Å². The van der Waals surface area contributed by atoms with Crippen molar-refractivity contribution in [2.24, 2.45) is 0 Å². The van der Waals surface area contributed by atoms with E-state index in [4.69, 9.17) is 40.2 Å². The van der Waals surface area contributed by atoms with E-state index in [2.05, 4.69) is 20.8 Å². The summed E-state index contributed by atoms with van der Waals surface area (Å²) in [5, 5.41) is 16.4. The third-order valence-corrected chi connectivity index (χ3v) is 6.06. The van der Waals surface area contributed by atoms with Crippen LogP contribution in [0.3, 0.4) is 0 Å². The minimum Gasteiger partial charge on any atom is -0.378 e. The molecule has 1 amide bonds. The van der Waals surface area contributed by atoms with Crippen molar-refractivity contribution < 1.29 is 9.53 Å². The van der Waals surface area contributed by atoms with Crippen LogP contribution in [0.25, 0.3) is 0 Å². The monoisotopic (exact) mass is 507 g/mol. The summed E-state index contributed by atoms with van der Waals surface area (Å²) in [6.07, 6.45) is 3.40. The van der Waals surface area contributed by atoms with Crippen LogP contribution in [-0.4, -0.2) is 61.8 Å². The third-order valence-electron chi connectivity index (χ3n) is 5.15. The SMILES string of the molecule is CCn1ncc(NC(=S)Nc2ccn(Cc3c(Cl)cccc3Cl)n2)c1C(=O)N1CCOCC1. The van der Waals surface area contributed by atoms with Gasteiger partial charge in [-0.25, -0.2) is 0 Å². The summed E-state index contributed by atoms with van der Waals surface area (Å²) in [6, 6.07) is 7.16. The molecule has 1 aromatic carbocycles. The molecule has 2 N–H and O–H groups in total. The van der Waals surface area contributed by atoms with Gasteiger partial charge in [-0.05, 0) is 31.3 Å². The van der Waals surface area contributed by atoms with Crippen LogP contribution < -0.4 is 10.6 Å². The Balaban J connectivity index is 1.43. The zero-order valence-corrected chi connectivity index (χ0v) is 20.3. The number of anilines is 2. The van der Waals surface area contributed by atoms with Crippen molar-refractivity contribution in [3.05, 3.63) is 58.0 Å². The number of ether oxygens (including phenoxy) is 1. The van der Waals surface area contributed by atoms with Gasteiger partial charge in [-0.3, -0.25) is 14.2 Å². The lowest BCUT2D eigenvalue weighted by Crippen LogP contribution is -2.41. The highest BCUT2D eigenvalue weighted by Crippen LogP contribution is 2.25. The van der Waals surface area contributed by atoms with E-state index in [1.165, 1.54) is 0 Å². The molecule has 4 rings (SSSR count). The van der Waals surface area contributed by atoms with Gasteiger partial charge in [-0.1, -0.05) is 29.3 Å². The summed E-state index contributed by atoms with van der Waals surface area (Å²) in [4.78, 5) is 14.9. The number of aromatic nitrogens is 4. The maximum Gasteiger partial charge on any atom is 0.274 e. The number of hydrogen-bond acceptors (Lipinski definition) is 5. The molecule has 2 aromatic heterocycles. The van der Waals surface area contributed by atoms with Gasteiger partial charge in [0.15, 0.2) is 10.9 Å². The van der Waals surface area contributed by atoms with E-state index in [9.17, 15) is 4.79 Å². The number of amides is 1. The van der Waals surface area contributed by atoms with Gasteiger partial charge in [0.25, 0.3) is 5.91 Å². The molecule has 0 spiro atoms. The first-order chi connectivity index (χ1) is 16.0. The summed E-state index contributed by atoms with van der Waals surface area (Å²) >= 11 is 18.0. The molecule has 0 radical (unpaired) electrons. The molecule has 0 unspecified atom stereocenters. The molecule has 0 aliphatic carbocycles. The van der Waals surface area contributed by atoms with Crippen molar-refractivity contribution in [3.8, 4) is 0 Å². The van der Waals surface area contributed by atoms with Crippen molar-refractivity contribution >= 4 is 57.9 Å². The number of carbonyl (C=O) groups is 1. The number of hydrogen-bond donors (Lipinski definition) is 2. The lowest BCUT2D eigenvalue weighted by Gasteiger charge is -2.27. The zero-order chi connectivity index (χ0) is 23.4. The summed E-state index contributed by atoms with van der Waals surface area (Å²) < 4.78 is 8.72. The van der Waals surface area contributed by atoms with E-state index in [0.29, 0.717) is 71.7 Å². The summed E-state index contributed by atoms with van der Waals surface area (Å²) in [7, 11) is 0. The Hall–Kier alpha value is -2.66.